The third-order valence-electron chi connectivity index (χ3n) is 3.13. The van der Waals surface area contributed by atoms with Crippen molar-refractivity contribution >= 4 is 5.91 Å². The molecule has 0 aliphatic carbocycles. The Hall–Kier alpha value is -2.84. The number of carbonyl (C=O) groups excluding carboxylic acids is 1. The molecule has 1 N–H and O–H groups in total. The van der Waals surface area contributed by atoms with Crippen LogP contribution >= 0.6 is 0 Å². The minimum absolute atomic E-state index is 0.236. The van der Waals surface area contributed by atoms with E-state index in [1.807, 2.05) is 6.07 Å². The topological polar surface area (TPSA) is 73.1 Å². The Morgan fingerprint density at radius 3 is 2.21 bits per heavy atom. The van der Waals surface area contributed by atoms with Crippen molar-refractivity contribution < 1.29 is 18.0 Å². The van der Waals surface area contributed by atoms with Crippen LogP contribution in [0.2, 0.25) is 0 Å². The highest BCUT2D eigenvalue weighted by Crippen LogP contribution is 2.15. The summed E-state index contributed by atoms with van der Waals surface area (Å²) in [6.45, 7) is -1.77. The summed E-state index contributed by atoms with van der Waals surface area (Å²) in [6.07, 6.45) is -2.80. The van der Waals surface area contributed by atoms with Crippen LogP contribution in [0, 0.1) is 0 Å². The molecular weight excluding hydrogens is 327 g/mol. The van der Waals surface area contributed by atoms with E-state index >= 15 is 0 Å². The van der Waals surface area contributed by atoms with Crippen LogP contribution in [0.1, 0.15) is 5.56 Å². The summed E-state index contributed by atoms with van der Waals surface area (Å²) in [4.78, 5) is 35.2. The molecule has 6 nitrogen and oxygen atoms in total. The second-order valence-electron chi connectivity index (χ2n) is 5.04. The highest BCUT2D eigenvalue weighted by atomic mass is 19.4. The molecule has 1 aromatic carbocycles. The van der Waals surface area contributed by atoms with Gasteiger partial charge in [-0.2, -0.15) is 13.2 Å². The average Bonchev–Trinajstić information content (AvgIpc) is 2.52. The molecule has 0 saturated heterocycles. The Morgan fingerprint density at radius 2 is 1.58 bits per heavy atom. The molecule has 0 radical (unpaired) electrons. The van der Waals surface area contributed by atoms with Crippen molar-refractivity contribution in [2.24, 2.45) is 0 Å². The van der Waals surface area contributed by atoms with Gasteiger partial charge in [-0.1, -0.05) is 30.3 Å². The Balaban J connectivity index is 2.05. The van der Waals surface area contributed by atoms with Gasteiger partial charge in [-0.15, -0.1) is 0 Å². The van der Waals surface area contributed by atoms with Gasteiger partial charge in [0.05, 0.1) is 0 Å². The van der Waals surface area contributed by atoms with Gasteiger partial charge in [0.1, 0.15) is 13.1 Å². The summed E-state index contributed by atoms with van der Waals surface area (Å²) in [7, 11) is 0. The molecule has 9 heteroatoms. The van der Waals surface area contributed by atoms with Crippen molar-refractivity contribution in [3.05, 3.63) is 69.0 Å². The molecule has 0 aliphatic rings. The van der Waals surface area contributed by atoms with Crippen molar-refractivity contribution in [1.29, 1.82) is 0 Å². The van der Waals surface area contributed by atoms with Crippen molar-refractivity contribution in [2.45, 2.75) is 25.8 Å². The maximum absolute atomic E-state index is 12.3. The first-order valence-corrected chi connectivity index (χ1v) is 6.93. The molecule has 2 aromatic rings. The lowest BCUT2D eigenvalue weighted by Gasteiger charge is -2.11. The SMILES string of the molecule is O=C(Cn1ccn(CC(F)(F)F)c(=O)c1=O)NCc1ccccc1. The summed E-state index contributed by atoms with van der Waals surface area (Å²) in [5.74, 6) is -0.533. The second kappa shape index (κ2) is 7.16. The number of nitrogens with one attached hydrogen (secondary N) is 1. The van der Waals surface area contributed by atoms with Crippen LogP contribution < -0.4 is 16.4 Å². The first-order valence-electron chi connectivity index (χ1n) is 6.93. The molecule has 24 heavy (non-hydrogen) atoms. The maximum atomic E-state index is 12.3. The molecule has 0 saturated carbocycles. The minimum Gasteiger partial charge on any atom is -0.350 e. The van der Waals surface area contributed by atoms with E-state index in [2.05, 4.69) is 5.32 Å². The lowest BCUT2D eigenvalue weighted by atomic mass is 10.2. The van der Waals surface area contributed by atoms with Crippen LogP contribution in [0.5, 0.6) is 0 Å². The molecule has 0 fully saturated rings. The molecule has 128 valence electrons. The number of amides is 1. The summed E-state index contributed by atoms with van der Waals surface area (Å²) in [6, 6.07) is 9.01. The van der Waals surface area contributed by atoms with Gasteiger partial charge < -0.3 is 9.88 Å². The predicted octanol–water partition coefficient (Wildman–Crippen LogP) is 0.889. The Kier molecular flexibility index (Phi) is 5.22. The third kappa shape index (κ3) is 4.83. The Labute approximate surface area is 134 Å². The van der Waals surface area contributed by atoms with Gasteiger partial charge in [-0.3, -0.25) is 19.0 Å². The van der Waals surface area contributed by atoms with Crippen molar-refractivity contribution in [2.75, 3.05) is 0 Å². The summed E-state index contributed by atoms with van der Waals surface area (Å²) < 4.78 is 37.9. The smallest absolute Gasteiger partial charge is 0.350 e. The van der Waals surface area contributed by atoms with Gasteiger partial charge >= 0.3 is 17.3 Å². The van der Waals surface area contributed by atoms with Crippen LogP contribution in [-0.4, -0.2) is 21.2 Å². The number of nitrogens with zero attached hydrogens (tertiary/aromatic N) is 2. The first-order chi connectivity index (χ1) is 11.3. The monoisotopic (exact) mass is 341 g/mol. The largest absolute Gasteiger partial charge is 0.406 e. The molecule has 0 bridgehead atoms. The molecule has 1 amide bonds. The number of benzene rings is 1. The fraction of sp³-hybridized carbons (Fsp3) is 0.267. The lowest BCUT2D eigenvalue weighted by Crippen LogP contribution is -2.44. The zero-order chi connectivity index (χ0) is 17.7. The van der Waals surface area contributed by atoms with Crippen LogP contribution in [-0.2, 0) is 24.4 Å². The zero-order valence-corrected chi connectivity index (χ0v) is 12.4. The van der Waals surface area contributed by atoms with Gasteiger partial charge in [0.15, 0.2) is 0 Å². The van der Waals surface area contributed by atoms with E-state index in [1.54, 1.807) is 24.3 Å². The van der Waals surface area contributed by atoms with E-state index in [1.165, 1.54) is 0 Å². The predicted molar refractivity (Wildman–Crippen MR) is 79.3 cm³/mol. The molecule has 0 spiro atoms. The lowest BCUT2D eigenvalue weighted by molar-refractivity contribution is -0.141. The number of hydrogen-bond acceptors (Lipinski definition) is 3. The molecule has 0 unspecified atom stereocenters. The summed E-state index contributed by atoms with van der Waals surface area (Å²) in [5.41, 5.74) is -1.67. The second-order valence-corrected chi connectivity index (χ2v) is 5.04. The quantitative estimate of drug-likeness (QED) is 0.821. The normalized spacial score (nSPS) is 11.3. The van der Waals surface area contributed by atoms with Crippen molar-refractivity contribution in [1.82, 2.24) is 14.5 Å². The Morgan fingerprint density at radius 1 is 1.00 bits per heavy atom. The van der Waals surface area contributed by atoms with Gasteiger partial charge in [0, 0.05) is 18.9 Å². The fourth-order valence-electron chi connectivity index (χ4n) is 1.99. The van der Waals surface area contributed by atoms with E-state index in [0.29, 0.717) is 0 Å². The Bertz CT molecular complexity index is 826. The summed E-state index contributed by atoms with van der Waals surface area (Å²) in [5, 5.41) is 2.56. The number of aromatic nitrogens is 2. The van der Waals surface area contributed by atoms with Crippen LogP contribution in [0.4, 0.5) is 13.2 Å². The standard InChI is InChI=1S/C15H14F3N3O3/c16-15(17,18)10-21-7-6-20(13(23)14(21)24)9-12(22)19-8-11-4-2-1-3-5-11/h1-7H,8-10H2,(H,19,22). The van der Waals surface area contributed by atoms with E-state index in [0.717, 1.165) is 22.5 Å². The highest BCUT2D eigenvalue weighted by Gasteiger charge is 2.28. The van der Waals surface area contributed by atoms with Gasteiger partial charge in [-0.05, 0) is 5.56 Å². The van der Waals surface area contributed by atoms with Crippen LogP contribution in [0.3, 0.4) is 0 Å². The van der Waals surface area contributed by atoms with Gasteiger partial charge in [0.2, 0.25) is 5.91 Å². The van der Waals surface area contributed by atoms with Crippen molar-refractivity contribution in [3.8, 4) is 0 Å². The van der Waals surface area contributed by atoms with Crippen LogP contribution in [0.25, 0.3) is 0 Å². The summed E-state index contributed by atoms with van der Waals surface area (Å²) >= 11 is 0. The van der Waals surface area contributed by atoms with Crippen molar-refractivity contribution in [3.63, 3.8) is 0 Å². The van der Waals surface area contributed by atoms with Gasteiger partial charge in [-0.25, -0.2) is 0 Å². The zero-order valence-electron chi connectivity index (χ0n) is 12.4. The number of halogens is 3. The van der Waals surface area contributed by atoms with Crippen LogP contribution in [0.15, 0.2) is 52.3 Å². The van der Waals surface area contributed by atoms with E-state index in [4.69, 9.17) is 0 Å². The average molecular weight is 341 g/mol. The van der Waals surface area contributed by atoms with E-state index in [9.17, 15) is 27.6 Å². The molecular formula is C15H14F3N3O3. The minimum atomic E-state index is -4.62. The fourth-order valence-corrected chi connectivity index (χ4v) is 1.99. The maximum Gasteiger partial charge on any atom is 0.406 e. The van der Waals surface area contributed by atoms with E-state index < -0.39 is 36.3 Å². The molecule has 2 rings (SSSR count). The number of alkyl halides is 3. The first kappa shape index (κ1) is 17.5. The number of hydrogen-bond donors (Lipinski definition) is 1. The number of rotatable bonds is 5. The van der Waals surface area contributed by atoms with E-state index in [-0.39, 0.29) is 11.1 Å². The molecule has 1 heterocycles. The third-order valence-corrected chi connectivity index (χ3v) is 3.13. The molecule has 0 aliphatic heterocycles. The molecule has 0 atom stereocenters. The number of carbonyl (C=O) groups is 1. The highest BCUT2D eigenvalue weighted by molar-refractivity contribution is 5.75. The molecule has 1 aromatic heterocycles. The van der Waals surface area contributed by atoms with Gasteiger partial charge in [0.25, 0.3) is 0 Å².